The van der Waals surface area contributed by atoms with Gasteiger partial charge in [0.05, 0.1) is 6.04 Å². The Labute approximate surface area is 175 Å². The molecule has 0 bridgehead atoms. The topological polar surface area (TPSA) is 67.4 Å². The molecule has 150 valence electrons. The second-order valence-electron chi connectivity index (χ2n) is 7.64. The summed E-state index contributed by atoms with van der Waals surface area (Å²) >= 11 is 3.50. The van der Waals surface area contributed by atoms with Gasteiger partial charge in [-0.05, 0) is 44.9 Å². The Morgan fingerprint density at radius 2 is 1.61 bits per heavy atom. The molecule has 6 heteroatoms. The lowest BCUT2D eigenvalue weighted by Gasteiger charge is -2.25. The summed E-state index contributed by atoms with van der Waals surface area (Å²) in [6.45, 7) is 7.27. The largest absolute Gasteiger partial charge is 0.444 e. The summed E-state index contributed by atoms with van der Waals surface area (Å²) in [4.78, 5) is 25.2. The van der Waals surface area contributed by atoms with Crippen LogP contribution in [0.3, 0.4) is 0 Å². The molecular formula is C22H27BrN2O3. The zero-order valence-electron chi connectivity index (χ0n) is 16.7. The van der Waals surface area contributed by atoms with E-state index in [1.54, 1.807) is 20.8 Å². The maximum atomic E-state index is 12.9. The molecular weight excluding hydrogens is 420 g/mol. The number of alkyl carbamates (subject to hydrolysis) is 1. The second kappa shape index (κ2) is 9.73. The smallest absolute Gasteiger partial charge is 0.408 e. The van der Waals surface area contributed by atoms with Gasteiger partial charge >= 0.3 is 6.09 Å². The Hall–Kier alpha value is -2.34. The van der Waals surface area contributed by atoms with Crippen LogP contribution in [-0.4, -0.2) is 23.6 Å². The lowest BCUT2D eigenvalue weighted by Crippen LogP contribution is -2.49. The summed E-state index contributed by atoms with van der Waals surface area (Å²) in [5.74, 6) is -0.266. The van der Waals surface area contributed by atoms with E-state index in [9.17, 15) is 9.59 Å². The van der Waals surface area contributed by atoms with Crippen molar-refractivity contribution in [3.63, 3.8) is 0 Å². The van der Waals surface area contributed by atoms with Crippen molar-refractivity contribution >= 4 is 27.9 Å². The first-order valence-electron chi connectivity index (χ1n) is 9.24. The summed E-state index contributed by atoms with van der Waals surface area (Å²) in [5, 5.41) is 5.69. The average molecular weight is 447 g/mol. The maximum absolute atomic E-state index is 12.9. The summed E-state index contributed by atoms with van der Waals surface area (Å²) in [5.41, 5.74) is 1.27. The van der Waals surface area contributed by atoms with Gasteiger partial charge in [-0.3, -0.25) is 4.79 Å². The highest BCUT2D eigenvalue weighted by molar-refractivity contribution is 9.10. The van der Waals surface area contributed by atoms with Gasteiger partial charge in [0.25, 0.3) is 0 Å². The van der Waals surface area contributed by atoms with Gasteiger partial charge in [0.1, 0.15) is 11.6 Å². The van der Waals surface area contributed by atoms with Crippen molar-refractivity contribution in [1.29, 1.82) is 0 Å². The van der Waals surface area contributed by atoms with Gasteiger partial charge in [-0.1, -0.05) is 64.5 Å². The third-order valence-electron chi connectivity index (χ3n) is 4.05. The number of hydrogen-bond donors (Lipinski definition) is 2. The van der Waals surface area contributed by atoms with Crippen LogP contribution in [0.25, 0.3) is 0 Å². The molecule has 0 unspecified atom stereocenters. The summed E-state index contributed by atoms with van der Waals surface area (Å²) in [6, 6.07) is 16.4. The zero-order valence-corrected chi connectivity index (χ0v) is 18.2. The first-order valence-corrected chi connectivity index (χ1v) is 10.0. The highest BCUT2D eigenvalue weighted by Gasteiger charge is 2.26. The molecule has 2 rings (SSSR count). The number of rotatable bonds is 6. The molecule has 0 aliphatic heterocycles. The minimum absolute atomic E-state index is 0.184. The molecule has 0 fully saturated rings. The number of hydrogen-bond acceptors (Lipinski definition) is 3. The molecule has 2 amide bonds. The molecule has 5 nitrogen and oxygen atoms in total. The van der Waals surface area contributed by atoms with Crippen LogP contribution >= 0.6 is 15.9 Å². The highest BCUT2D eigenvalue weighted by atomic mass is 79.9. The number of carbonyl (C=O) groups excluding carboxylic acids is 2. The molecule has 2 N–H and O–H groups in total. The van der Waals surface area contributed by atoms with Crippen molar-refractivity contribution in [3.05, 3.63) is 70.2 Å². The molecule has 28 heavy (non-hydrogen) atoms. The second-order valence-corrected chi connectivity index (χ2v) is 8.49. The molecule has 0 heterocycles. The first kappa shape index (κ1) is 22.0. The van der Waals surface area contributed by atoms with Crippen LogP contribution in [0.1, 0.15) is 44.9 Å². The van der Waals surface area contributed by atoms with Crippen molar-refractivity contribution in [3.8, 4) is 0 Å². The van der Waals surface area contributed by atoms with Crippen LogP contribution in [0.4, 0.5) is 4.79 Å². The van der Waals surface area contributed by atoms with E-state index >= 15 is 0 Å². The van der Waals surface area contributed by atoms with Crippen LogP contribution in [0.5, 0.6) is 0 Å². The van der Waals surface area contributed by atoms with E-state index in [-0.39, 0.29) is 11.9 Å². The average Bonchev–Trinajstić information content (AvgIpc) is 2.62. The van der Waals surface area contributed by atoms with Gasteiger partial charge in [0, 0.05) is 10.9 Å². The summed E-state index contributed by atoms with van der Waals surface area (Å²) in [7, 11) is 0. The number of carbonyl (C=O) groups is 2. The van der Waals surface area contributed by atoms with Crippen LogP contribution < -0.4 is 10.6 Å². The van der Waals surface area contributed by atoms with E-state index in [2.05, 4.69) is 26.6 Å². The fourth-order valence-corrected chi connectivity index (χ4v) is 3.13. The molecule has 2 aromatic rings. The van der Waals surface area contributed by atoms with Crippen molar-refractivity contribution in [2.45, 2.75) is 51.8 Å². The highest BCUT2D eigenvalue weighted by Crippen LogP contribution is 2.19. The number of benzene rings is 2. The van der Waals surface area contributed by atoms with Gasteiger partial charge in [-0.25, -0.2) is 4.79 Å². The molecule has 0 saturated carbocycles. The molecule has 0 aliphatic rings. The van der Waals surface area contributed by atoms with Gasteiger partial charge < -0.3 is 15.4 Å². The number of nitrogens with one attached hydrogen (secondary N) is 2. The van der Waals surface area contributed by atoms with E-state index in [0.29, 0.717) is 6.42 Å². The van der Waals surface area contributed by atoms with Crippen molar-refractivity contribution in [2.24, 2.45) is 0 Å². The predicted octanol–water partition coefficient (Wildman–Crippen LogP) is 4.76. The fraction of sp³-hybridized carbons (Fsp3) is 0.364. The van der Waals surface area contributed by atoms with E-state index in [1.807, 2.05) is 61.5 Å². The van der Waals surface area contributed by atoms with Crippen LogP contribution in [-0.2, 0) is 16.0 Å². The van der Waals surface area contributed by atoms with Crippen molar-refractivity contribution in [2.75, 3.05) is 0 Å². The minimum atomic E-state index is -0.764. The van der Waals surface area contributed by atoms with E-state index in [1.165, 1.54) is 0 Å². The predicted molar refractivity (Wildman–Crippen MR) is 114 cm³/mol. The van der Waals surface area contributed by atoms with E-state index < -0.39 is 17.7 Å². The SMILES string of the molecule is C[C@H](NC(=O)[C@H](Cc1ccccc1Br)NC(=O)OC(C)(C)C)c1ccccc1. The standard InChI is InChI=1S/C22H27BrN2O3/c1-15(16-10-6-5-7-11-16)24-20(26)19(25-21(27)28-22(2,3)4)14-17-12-8-9-13-18(17)23/h5-13,15,19H,14H2,1-4H3,(H,24,26)(H,25,27)/t15-,19-/m0/s1. The molecule has 0 radical (unpaired) electrons. The van der Waals surface area contributed by atoms with E-state index in [0.717, 1.165) is 15.6 Å². The van der Waals surface area contributed by atoms with Gasteiger partial charge in [-0.2, -0.15) is 0 Å². The Morgan fingerprint density at radius 1 is 1.00 bits per heavy atom. The van der Waals surface area contributed by atoms with Gasteiger partial charge in [0.15, 0.2) is 0 Å². The molecule has 0 spiro atoms. The van der Waals surface area contributed by atoms with Crippen molar-refractivity contribution < 1.29 is 14.3 Å². The Kier molecular flexibility index (Phi) is 7.63. The first-order chi connectivity index (χ1) is 13.2. The lowest BCUT2D eigenvalue weighted by atomic mass is 10.0. The minimum Gasteiger partial charge on any atom is -0.444 e. The van der Waals surface area contributed by atoms with Crippen LogP contribution in [0, 0.1) is 0 Å². The molecule has 2 atom stereocenters. The zero-order chi connectivity index (χ0) is 20.7. The Morgan fingerprint density at radius 3 is 2.21 bits per heavy atom. The molecule has 0 aliphatic carbocycles. The molecule has 0 saturated heterocycles. The van der Waals surface area contributed by atoms with Crippen molar-refractivity contribution in [1.82, 2.24) is 10.6 Å². The van der Waals surface area contributed by atoms with E-state index in [4.69, 9.17) is 4.74 Å². The maximum Gasteiger partial charge on any atom is 0.408 e. The number of halogens is 1. The fourth-order valence-electron chi connectivity index (χ4n) is 2.68. The Balaban J connectivity index is 2.15. The molecule has 0 aromatic heterocycles. The Bertz CT molecular complexity index is 803. The summed E-state index contributed by atoms with van der Waals surface area (Å²) in [6.07, 6.45) is -0.277. The molecule has 2 aromatic carbocycles. The number of amides is 2. The van der Waals surface area contributed by atoms with Gasteiger partial charge in [-0.15, -0.1) is 0 Å². The normalized spacial score (nSPS) is 13.3. The number of ether oxygens (including phenoxy) is 1. The van der Waals surface area contributed by atoms with Crippen LogP contribution in [0.2, 0.25) is 0 Å². The van der Waals surface area contributed by atoms with Gasteiger partial charge in [0.2, 0.25) is 5.91 Å². The van der Waals surface area contributed by atoms with Crippen LogP contribution in [0.15, 0.2) is 59.1 Å². The summed E-state index contributed by atoms with van der Waals surface area (Å²) < 4.78 is 6.22. The third kappa shape index (κ3) is 7.00. The lowest BCUT2D eigenvalue weighted by molar-refractivity contribution is -0.123. The quantitative estimate of drug-likeness (QED) is 0.671. The monoisotopic (exact) mass is 446 g/mol. The third-order valence-corrected chi connectivity index (χ3v) is 4.82.